The molecule has 0 fully saturated rings. The standard InChI is InChI=1S/C9H10N2OS/c1-6(9(12)4-10)3-8-5-13-7(2)11-8/h3,5,9,12H,1-2H3/b6-3+/t9-/m0/s1. The quantitative estimate of drug-likeness (QED) is 0.729. The van der Waals surface area contributed by atoms with Crippen LogP contribution in [0.3, 0.4) is 0 Å². The second kappa shape index (κ2) is 4.17. The van der Waals surface area contributed by atoms with E-state index in [0.29, 0.717) is 5.57 Å². The van der Waals surface area contributed by atoms with Gasteiger partial charge < -0.3 is 5.11 Å². The molecule has 1 atom stereocenters. The third kappa shape index (κ3) is 2.65. The van der Waals surface area contributed by atoms with Crippen LogP contribution < -0.4 is 0 Å². The molecule has 1 N–H and O–H groups in total. The predicted octanol–water partition coefficient (Wildman–Crippen LogP) is 1.74. The Kier molecular flexibility index (Phi) is 3.18. The van der Waals surface area contributed by atoms with Gasteiger partial charge in [-0.1, -0.05) is 0 Å². The number of thiazole rings is 1. The molecule has 0 aromatic carbocycles. The van der Waals surface area contributed by atoms with Gasteiger partial charge in [0.2, 0.25) is 0 Å². The Bertz CT molecular complexity index is 362. The maximum atomic E-state index is 9.14. The van der Waals surface area contributed by atoms with Crippen LogP contribution in [0.1, 0.15) is 17.6 Å². The molecule has 0 aliphatic rings. The number of aromatic nitrogens is 1. The Labute approximate surface area is 81.0 Å². The van der Waals surface area contributed by atoms with E-state index < -0.39 is 6.10 Å². The van der Waals surface area contributed by atoms with Crippen molar-refractivity contribution in [3.8, 4) is 6.07 Å². The molecule has 0 spiro atoms. The van der Waals surface area contributed by atoms with E-state index >= 15 is 0 Å². The fourth-order valence-corrected chi connectivity index (χ4v) is 1.43. The summed E-state index contributed by atoms with van der Waals surface area (Å²) in [6, 6.07) is 1.75. The normalized spacial score (nSPS) is 13.8. The second-order valence-corrected chi connectivity index (χ2v) is 3.77. The number of aliphatic hydroxyl groups is 1. The summed E-state index contributed by atoms with van der Waals surface area (Å²) >= 11 is 1.55. The van der Waals surface area contributed by atoms with Crippen molar-refractivity contribution in [2.45, 2.75) is 20.0 Å². The summed E-state index contributed by atoms with van der Waals surface area (Å²) in [5, 5.41) is 20.4. The number of hydrogen-bond donors (Lipinski definition) is 1. The van der Waals surface area contributed by atoms with Crippen LogP contribution in [-0.4, -0.2) is 16.2 Å². The van der Waals surface area contributed by atoms with E-state index in [1.807, 2.05) is 12.3 Å². The lowest BCUT2D eigenvalue weighted by Gasteiger charge is -1.98. The molecule has 0 saturated carbocycles. The van der Waals surface area contributed by atoms with Gasteiger partial charge in [0, 0.05) is 5.38 Å². The summed E-state index contributed by atoms with van der Waals surface area (Å²) in [6.45, 7) is 3.63. The number of rotatable bonds is 2. The van der Waals surface area contributed by atoms with Crippen LogP contribution in [0, 0.1) is 18.3 Å². The molecule has 1 heterocycles. The molecule has 0 radical (unpaired) electrons. The maximum absolute atomic E-state index is 9.14. The van der Waals surface area contributed by atoms with E-state index in [1.54, 1.807) is 30.4 Å². The molecule has 13 heavy (non-hydrogen) atoms. The summed E-state index contributed by atoms with van der Waals surface area (Å²) in [4.78, 5) is 4.19. The van der Waals surface area contributed by atoms with Crippen molar-refractivity contribution in [1.29, 1.82) is 5.26 Å². The average Bonchev–Trinajstić information content (AvgIpc) is 2.49. The van der Waals surface area contributed by atoms with Crippen LogP contribution in [0.4, 0.5) is 0 Å². The van der Waals surface area contributed by atoms with E-state index in [2.05, 4.69) is 4.98 Å². The molecule has 4 heteroatoms. The summed E-state index contributed by atoms with van der Waals surface area (Å²) in [5.41, 5.74) is 1.42. The number of nitrogens with zero attached hydrogens (tertiary/aromatic N) is 2. The molecule has 68 valence electrons. The van der Waals surface area contributed by atoms with Crippen molar-refractivity contribution >= 4 is 17.4 Å². The van der Waals surface area contributed by atoms with Crippen LogP contribution in [0.15, 0.2) is 11.0 Å². The summed E-state index contributed by atoms with van der Waals surface area (Å²) in [6.07, 6.45) is 0.694. The Morgan fingerprint density at radius 3 is 3.00 bits per heavy atom. The van der Waals surface area contributed by atoms with Gasteiger partial charge in [-0.3, -0.25) is 0 Å². The molecular weight excluding hydrogens is 184 g/mol. The minimum absolute atomic E-state index is 0.618. The van der Waals surface area contributed by atoms with Crippen molar-refractivity contribution in [2.75, 3.05) is 0 Å². The lowest BCUT2D eigenvalue weighted by atomic mass is 10.1. The van der Waals surface area contributed by atoms with Gasteiger partial charge in [0.15, 0.2) is 6.10 Å². The van der Waals surface area contributed by atoms with Crippen LogP contribution in [0.5, 0.6) is 0 Å². The highest BCUT2D eigenvalue weighted by Crippen LogP contribution is 2.12. The van der Waals surface area contributed by atoms with Gasteiger partial charge in [0.25, 0.3) is 0 Å². The van der Waals surface area contributed by atoms with E-state index in [0.717, 1.165) is 10.7 Å². The van der Waals surface area contributed by atoms with Gasteiger partial charge in [0.05, 0.1) is 16.8 Å². The van der Waals surface area contributed by atoms with E-state index in [-0.39, 0.29) is 0 Å². The van der Waals surface area contributed by atoms with Crippen molar-refractivity contribution in [1.82, 2.24) is 4.98 Å². The molecule has 0 amide bonds. The minimum atomic E-state index is -1.03. The lowest BCUT2D eigenvalue weighted by Crippen LogP contribution is -2.03. The third-order valence-electron chi connectivity index (χ3n) is 1.57. The second-order valence-electron chi connectivity index (χ2n) is 2.71. The number of aliphatic hydroxyl groups excluding tert-OH is 1. The summed E-state index contributed by atoms with van der Waals surface area (Å²) in [5.74, 6) is 0. The van der Waals surface area contributed by atoms with Crippen LogP contribution in [-0.2, 0) is 0 Å². The smallest absolute Gasteiger partial charge is 0.162 e. The highest BCUT2D eigenvalue weighted by atomic mass is 32.1. The number of aryl methyl sites for hydroxylation is 1. The molecule has 1 aromatic rings. The summed E-state index contributed by atoms with van der Waals surface area (Å²) in [7, 11) is 0. The third-order valence-corrected chi connectivity index (χ3v) is 2.36. The van der Waals surface area contributed by atoms with Crippen LogP contribution in [0.2, 0.25) is 0 Å². The topological polar surface area (TPSA) is 56.9 Å². The monoisotopic (exact) mass is 194 g/mol. The summed E-state index contributed by atoms with van der Waals surface area (Å²) < 4.78 is 0. The molecular formula is C9H10N2OS. The first kappa shape index (κ1) is 9.90. The Hall–Kier alpha value is -1.18. The zero-order chi connectivity index (χ0) is 9.84. The number of hydrogen-bond acceptors (Lipinski definition) is 4. The molecule has 0 unspecified atom stereocenters. The highest BCUT2D eigenvalue weighted by Gasteiger charge is 2.04. The van der Waals surface area contributed by atoms with E-state index in [9.17, 15) is 0 Å². The molecule has 0 bridgehead atoms. The zero-order valence-corrected chi connectivity index (χ0v) is 8.30. The van der Waals surface area contributed by atoms with E-state index in [1.165, 1.54) is 0 Å². The van der Waals surface area contributed by atoms with Gasteiger partial charge in [-0.05, 0) is 25.5 Å². The predicted molar refractivity (Wildman–Crippen MR) is 52.1 cm³/mol. The molecule has 3 nitrogen and oxygen atoms in total. The zero-order valence-electron chi connectivity index (χ0n) is 7.48. The van der Waals surface area contributed by atoms with Crippen molar-refractivity contribution < 1.29 is 5.11 Å². The van der Waals surface area contributed by atoms with E-state index in [4.69, 9.17) is 10.4 Å². The van der Waals surface area contributed by atoms with Crippen LogP contribution >= 0.6 is 11.3 Å². The average molecular weight is 194 g/mol. The molecule has 1 aromatic heterocycles. The van der Waals surface area contributed by atoms with Gasteiger partial charge in [0.1, 0.15) is 0 Å². The first-order valence-corrected chi connectivity index (χ1v) is 4.69. The molecule has 0 aliphatic heterocycles. The first-order valence-electron chi connectivity index (χ1n) is 3.81. The fourth-order valence-electron chi connectivity index (χ4n) is 0.860. The van der Waals surface area contributed by atoms with Gasteiger partial charge in [-0.2, -0.15) is 5.26 Å². The Morgan fingerprint density at radius 2 is 2.54 bits per heavy atom. The van der Waals surface area contributed by atoms with Crippen molar-refractivity contribution in [3.63, 3.8) is 0 Å². The molecule has 1 rings (SSSR count). The molecule has 0 aliphatic carbocycles. The van der Waals surface area contributed by atoms with Crippen molar-refractivity contribution in [2.24, 2.45) is 0 Å². The largest absolute Gasteiger partial charge is 0.374 e. The van der Waals surface area contributed by atoms with Gasteiger partial charge in [-0.15, -0.1) is 11.3 Å². The fraction of sp³-hybridized carbons (Fsp3) is 0.333. The first-order chi connectivity index (χ1) is 6.13. The Morgan fingerprint density at radius 1 is 1.85 bits per heavy atom. The van der Waals surface area contributed by atoms with Gasteiger partial charge in [-0.25, -0.2) is 4.98 Å². The lowest BCUT2D eigenvalue weighted by molar-refractivity contribution is 0.267. The molecule has 0 saturated heterocycles. The van der Waals surface area contributed by atoms with Crippen LogP contribution in [0.25, 0.3) is 6.08 Å². The minimum Gasteiger partial charge on any atom is -0.374 e. The Balaban J connectivity index is 2.83. The highest BCUT2D eigenvalue weighted by molar-refractivity contribution is 7.09. The van der Waals surface area contributed by atoms with Gasteiger partial charge >= 0.3 is 0 Å². The number of nitriles is 1. The SMILES string of the molecule is C/C(=C\c1csc(C)n1)[C@@H](O)C#N. The maximum Gasteiger partial charge on any atom is 0.162 e. The van der Waals surface area contributed by atoms with Crippen molar-refractivity contribution in [3.05, 3.63) is 21.7 Å².